The van der Waals surface area contributed by atoms with Crippen LogP contribution in [-0.2, 0) is 0 Å². The van der Waals surface area contributed by atoms with Crippen molar-refractivity contribution < 1.29 is 5.11 Å². The van der Waals surface area contributed by atoms with Crippen LogP contribution in [-0.4, -0.2) is 41.3 Å². The Bertz CT molecular complexity index is 198. The van der Waals surface area contributed by atoms with Gasteiger partial charge in [-0.05, 0) is 13.8 Å². The van der Waals surface area contributed by atoms with Gasteiger partial charge < -0.3 is 14.9 Å². The van der Waals surface area contributed by atoms with Crippen molar-refractivity contribution in [2.45, 2.75) is 19.9 Å². The van der Waals surface area contributed by atoms with Crippen LogP contribution < -0.4 is 0 Å². The Morgan fingerprint density at radius 1 is 1.54 bits per heavy atom. The molecule has 0 aliphatic carbocycles. The van der Waals surface area contributed by atoms with Crippen molar-refractivity contribution in [3.05, 3.63) is 12.4 Å². The van der Waals surface area contributed by atoms with Gasteiger partial charge in [0.15, 0.2) is 0 Å². The van der Waals surface area contributed by atoms with Crippen LogP contribution in [0.4, 0.5) is 0 Å². The third kappa shape index (κ3) is 3.34. The van der Waals surface area contributed by atoms with Gasteiger partial charge in [0.25, 0.3) is 0 Å². The van der Waals surface area contributed by atoms with E-state index in [-0.39, 0.29) is 6.04 Å². The van der Waals surface area contributed by atoms with Gasteiger partial charge in [-0.15, -0.1) is 0 Å². The van der Waals surface area contributed by atoms with E-state index in [0.29, 0.717) is 0 Å². The molecule has 0 fully saturated rings. The summed E-state index contributed by atoms with van der Waals surface area (Å²) in [5.41, 5.74) is 0. The van der Waals surface area contributed by atoms with Crippen LogP contribution in [0.1, 0.15) is 13.8 Å². The highest BCUT2D eigenvalue weighted by Gasteiger charge is 2.15. The Balaban J connectivity index is 0.000000671. The fraction of sp³-hybridized carbons (Fsp3) is 0.667. The van der Waals surface area contributed by atoms with Crippen LogP contribution >= 0.6 is 0 Å². The summed E-state index contributed by atoms with van der Waals surface area (Å²) in [6.07, 6.45) is 3.99. The van der Waals surface area contributed by atoms with Crippen molar-refractivity contribution in [2.75, 3.05) is 20.3 Å². The van der Waals surface area contributed by atoms with Crippen LogP contribution in [0.5, 0.6) is 0 Å². The fourth-order valence-corrected chi connectivity index (χ4v) is 1.02. The molecule has 1 N–H and O–H groups in total. The van der Waals surface area contributed by atoms with E-state index in [4.69, 9.17) is 10.4 Å². The first-order valence-electron chi connectivity index (χ1n) is 4.30. The molecule has 1 atom stereocenters. The SMILES string of the molecule is CCN1C=CN(C(C)C#N)C1.CO. The van der Waals surface area contributed by atoms with Gasteiger partial charge >= 0.3 is 0 Å². The summed E-state index contributed by atoms with van der Waals surface area (Å²) in [5, 5.41) is 15.6. The molecule has 0 aromatic rings. The van der Waals surface area contributed by atoms with Crippen molar-refractivity contribution in [3.63, 3.8) is 0 Å². The van der Waals surface area contributed by atoms with Crippen molar-refractivity contribution in [1.29, 1.82) is 5.26 Å². The Morgan fingerprint density at radius 2 is 2.15 bits per heavy atom. The van der Waals surface area contributed by atoms with Gasteiger partial charge in [-0.3, -0.25) is 0 Å². The lowest BCUT2D eigenvalue weighted by atomic mass is 10.3. The maximum Gasteiger partial charge on any atom is 0.115 e. The molecule has 0 aromatic carbocycles. The van der Waals surface area contributed by atoms with Gasteiger partial charge in [-0.2, -0.15) is 5.26 Å². The van der Waals surface area contributed by atoms with Crippen LogP contribution in [0.15, 0.2) is 12.4 Å². The molecule has 1 rings (SSSR count). The van der Waals surface area contributed by atoms with E-state index in [9.17, 15) is 0 Å². The molecule has 0 saturated carbocycles. The molecule has 0 saturated heterocycles. The molecule has 0 amide bonds. The predicted molar refractivity (Wildman–Crippen MR) is 51.4 cm³/mol. The molecule has 0 bridgehead atoms. The summed E-state index contributed by atoms with van der Waals surface area (Å²) >= 11 is 0. The second kappa shape index (κ2) is 6.32. The van der Waals surface area contributed by atoms with Crippen LogP contribution in [0.3, 0.4) is 0 Å². The van der Waals surface area contributed by atoms with Crippen molar-refractivity contribution in [3.8, 4) is 6.07 Å². The number of nitrogens with zero attached hydrogens (tertiary/aromatic N) is 3. The monoisotopic (exact) mass is 183 g/mol. The summed E-state index contributed by atoms with van der Waals surface area (Å²) in [6, 6.07) is 2.19. The maximum absolute atomic E-state index is 8.61. The molecule has 74 valence electrons. The zero-order valence-corrected chi connectivity index (χ0v) is 8.44. The summed E-state index contributed by atoms with van der Waals surface area (Å²) in [6.45, 7) is 5.87. The summed E-state index contributed by atoms with van der Waals surface area (Å²) in [7, 11) is 1.00. The number of rotatable bonds is 2. The number of nitriles is 1. The zero-order chi connectivity index (χ0) is 10.3. The first kappa shape index (κ1) is 11.8. The lowest BCUT2D eigenvalue weighted by Gasteiger charge is -2.21. The smallest absolute Gasteiger partial charge is 0.115 e. The third-order valence-corrected chi connectivity index (χ3v) is 1.90. The van der Waals surface area contributed by atoms with Gasteiger partial charge in [0.1, 0.15) is 6.04 Å². The molecule has 13 heavy (non-hydrogen) atoms. The molecule has 0 aromatic heterocycles. The second-order valence-corrected chi connectivity index (χ2v) is 2.66. The Kier molecular flexibility index (Phi) is 5.73. The highest BCUT2D eigenvalue weighted by molar-refractivity contribution is 4.99. The summed E-state index contributed by atoms with van der Waals surface area (Å²) in [4.78, 5) is 4.18. The van der Waals surface area contributed by atoms with E-state index in [2.05, 4.69) is 17.9 Å². The average Bonchev–Trinajstić information content (AvgIpc) is 2.68. The van der Waals surface area contributed by atoms with Crippen LogP contribution in [0.25, 0.3) is 0 Å². The Morgan fingerprint density at radius 3 is 2.54 bits per heavy atom. The Hall–Kier alpha value is -1.21. The summed E-state index contributed by atoms with van der Waals surface area (Å²) in [5.74, 6) is 0. The van der Waals surface area contributed by atoms with Gasteiger partial charge in [0, 0.05) is 26.1 Å². The van der Waals surface area contributed by atoms with Crippen LogP contribution in [0.2, 0.25) is 0 Å². The second-order valence-electron chi connectivity index (χ2n) is 2.66. The minimum Gasteiger partial charge on any atom is -0.400 e. The average molecular weight is 183 g/mol. The van der Waals surface area contributed by atoms with E-state index in [0.717, 1.165) is 20.3 Å². The molecule has 1 aliphatic rings. The first-order valence-corrected chi connectivity index (χ1v) is 4.30. The fourth-order valence-electron chi connectivity index (χ4n) is 1.02. The molecule has 1 heterocycles. The molecule has 1 aliphatic heterocycles. The van der Waals surface area contributed by atoms with E-state index in [1.165, 1.54) is 0 Å². The first-order chi connectivity index (χ1) is 6.27. The van der Waals surface area contributed by atoms with E-state index < -0.39 is 0 Å². The molecule has 4 heteroatoms. The van der Waals surface area contributed by atoms with E-state index in [1.54, 1.807) is 0 Å². The number of hydrogen-bond acceptors (Lipinski definition) is 4. The van der Waals surface area contributed by atoms with E-state index in [1.807, 2.05) is 24.2 Å². The topological polar surface area (TPSA) is 50.5 Å². The van der Waals surface area contributed by atoms with E-state index >= 15 is 0 Å². The largest absolute Gasteiger partial charge is 0.400 e. The van der Waals surface area contributed by atoms with Crippen molar-refractivity contribution in [2.24, 2.45) is 0 Å². The normalized spacial score (nSPS) is 16.2. The molecular weight excluding hydrogens is 166 g/mol. The maximum atomic E-state index is 8.61. The zero-order valence-electron chi connectivity index (χ0n) is 8.44. The quantitative estimate of drug-likeness (QED) is 0.680. The highest BCUT2D eigenvalue weighted by atomic mass is 16.2. The number of aliphatic hydroxyl groups is 1. The highest BCUT2D eigenvalue weighted by Crippen LogP contribution is 2.08. The lowest BCUT2D eigenvalue weighted by Crippen LogP contribution is -2.30. The Labute approximate surface area is 79.7 Å². The molecular formula is C9H17N3O. The predicted octanol–water partition coefficient (Wildman–Crippen LogP) is 0.573. The lowest BCUT2D eigenvalue weighted by molar-refractivity contribution is 0.254. The van der Waals surface area contributed by atoms with Crippen LogP contribution in [0, 0.1) is 11.3 Å². The minimum absolute atomic E-state index is 0.0113. The van der Waals surface area contributed by atoms with Gasteiger partial charge in [-0.25, -0.2) is 0 Å². The third-order valence-electron chi connectivity index (χ3n) is 1.90. The summed E-state index contributed by atoms with van der Waals surface area (Å²) < 4.78 is 0. The minimum atomic E-state index is -0.0113. The van der Waals surface area contributed by atoms with Gasteiger partial charge in [-0.1, -0.05) is 0 Å². The number of hydrogen-bond donors (Lipinski definition) is 1. The molecule has 0 spiro atoms. The number of aliphatic hydroxyl groups excluding tert-OH is 1. The van der Waals surface area contributed by atoms with Crippen molar-refractivity contribution >= 4 is 0 Å². The standard InChI is InChI=1S/C8H13N3.CH4O/c1-3-10-4-5-11(7-10)8(2)6-9;1-2/h4-5,8H,3,7H2,1-2H3;2H,1H3. The van der Waals surface area contributed by atoms with Gasteiger partial charge in [0.05, 0.1) is 12.7 Å². The molecule has 4 nitrogen and oxygen atoms in total. The van der Waals surface area contributed by atoms with Gasteiger partial charge in [0.2, 0.25) is 0 Å². The molecule has 0 radical (unpaired) electrons. The molecule has 1 unspecified atom stereocenters. The van der Waals surface area contributed by atoms with Crippen molar-refractivity contribution in [1.82, 2.24) is 9.80 Å².